The van der Waals surface area contributed by atoms with Gasteiger partial charge in [-0.3, -0.25) is 0 Å². The first-order chi connectivity index (χ1) is 14.1. The van der Waals surface area contributed by atoms with Crippen LogP contribution in [0.3, 0.4) is 0 Å². The van der Waals surface area contributed by atoms with Crippen molar-refractivity contribution in [1.82, 2.24) is 5.32 Å². The van der Waals surface area contributed by atoms with Crippen molar-refractivity contribution in [3.63, 3.8) is 0 Å². The van der Waals surface area contributed by atoms with E-state index in [1.165, 1.54) is 18.1 Å². The fraction of sp³-hybridized carbons (Fsp3) is 0.524. The van der Waals surface area contributed by atoms with E-state index in [0.717, 1.165) is 42.9 Å². The first-order valence-electron chi connectivity index (χ1n) is 9.90. The Kier molecular flexibility index (Phi) is 8.16. The Labute approximate surface area is 174 Å². The first-order valence-corrected chi connectivity index (χ1v) is 9.90. The largest absolute Gasteiger partial charge is 0.490 e. The molecule has 7 nitrogen and oxygen atoms in total. The lowest BCUT2D eigenvalue weighted by Crippen LogP contribution is -2.42. The van der Waals surface area contributed by atoms with Gasteiger partial charge in [0.2, 0.25) is 0 Å². The highest BCUT2D eigenvalue weighted by Crippen LogP contribution is 2.40. The van der Waals surface area contributed by atoms with E-state index in [1.54, 1.807) is 0 Å². The standard InChI is InChI=1S/C17H24F2N2O.C4H4O4/c1-3-17(18,19)11-21-8-9-22-15-10-13-4-6-20-7-5-14(13)12(2)16(15)21;5-3(6)1-2-4(7)8/h10,20H,3-9,11H2,1-2H3;1-2H,(H,5,6)(H,7,8)/b;2-1+. The number of anilines is 1. The van der Waals surface area contributed by atoms with E-state index in [9.17, 15) is 18.4 Å². The van der Waals surface area contributed by atoms with Gasteiger partial charge in [-0.25, -0.2) is 18.4 Å². The van der Waals surface area contributed by atoms with E-state index in [-0.39, 0.29) is 13.0 Å². The van der Waals surface area contributed by atoms with Gasteiger partial charge in [-0.2, -0.15) is 0 Å². The lowest BCUT2D eigenvalue weighted by atomic mass is 9.94. The van der Waals surface area contributed by atoms with E-state index in [2.05, 4.69) is 18.3 Å². The zero-order valence-corrected chi connectivity index (χ0v) is 17.2. The van der Waals surface area contributed by atoms with Gasteiger partial charge in [-0.1, -0.05) is 6.92 Å². The Bertz CT molecular complexity index is 795. The van der Waals surface area contributed by atoms with Crippen LogP contribution < -0.4 is 15.0 Å². The van der Waals surface area contributed by atoms with Crippen molar-refractivity contribution in [2.75, 3.05) is 37.7 Å². The van der Waals surface area contributed by atoms with Crippen molar-refractivity contribution in [3.8, 4) is 5.75 Å². The smallest absolute Gasteiger partial charge is 0.328 e. The molecule has 0 atom stereocenters. The Balaban J connectivity index is 0.000000343. The van der Waals surface area contributed by atoms with Gasteiger partial charge in [0.05, 0.1) is 18.8 Å². The van der Waals surface area contributed by atoms with Gasteiger partial charge in [-0.05, 0) is 55.6 Å². The summed E-state index contributed by atoms with van der Waals surface area (Å²) < 4.78 is 33.5. The highest BCUT2D eigenvalue weighted by atomic mass is 19.3. The molecule has 0 unspecified atom stereocenters. The summed E-state index contributed by atoms with van der Waals surface area (Å²) in [5.74, 6) is -4.40. The molecule has 0 radical (unpaired) electrons. The number of hydrogen-bond acceptors (Lipinski definition) is 5. The van der Waals surface area contributed by atoms with E-state index in [4.69, 9.17) is 14.9 Å². The summed E-state index contributed by atoms with van der Waals surface area (Å²) in [4.78, 5) is 20.9. The summed E-state index contributed by atoms with van der Waals surface area (Å²) >= 11 is 0. The number of rotatable bonds is 5. The normalized spacial score (nSPS) is 15.9. The molecular weight excluding hydrogens is 398 g/mol. The fourth-order valence-electron chi connectivity index (χ4n) is 3.59. The van der Waals surface area contributed by atoms with Gasteiger partial charge in [0, 0.05) is 18.6 Å². The average Bonchev–Trinajstić information content (AvgIpc) is 2.92. The van der Waals surface area contributed by atoms with Crippen molar-refractivity contribution in [2.45, 2.75) is 39.0 Å². The van der Waals surface area contributed by atoms with Crippen LogP contribution in [-0.2, 0) is 22.4 Å². The van der Waals surface area contributed by atoms with Crippen LogP contribution in [-0.4, -0.2) is 60.9 Å². The van der Waals surface area contributed by atoms with Gasteiger partial charge in [0.25, 0.3) is 5.92 Å². The zero-order valence-electron chi connectivity index (χ0n) is 17.2. The number of aliphatic carboxylic acids is 2. The molecule has 2 heterocycles. The molecule has 1 aromatic carbocycles. The second-order valence-electron chi connectivity index (χ2n) is 7.23. The van der Waals surface area contributed by atoms with Crippen molar-refractivity contribution in [3.05, 3.63) is 34.9 Å². The minimum Gasteiger partial charge on any atom is -0.490 e. The van der Waals surface area contributed by atoms with Crippen LogP contribution in [0.4, 0.5) is 14.5 Å². The molecule has 0 aromatic heterocycles. The van der Waals surface area contributed by atoms with Crippen molar-refractivity contribution >= 4 is 17.6 Å². The number of halogens is 2. The van der Waals surface area contributed by atoms with E-state index in [1.807, 2.05) is 4.90 Å². The lowest BCUT2D eigenvalue weighted by Gasteiger charge is -2.36. The highest BCUT2D eigenvalue weighted by Gasteiger charge is 2.33. The summed E-state index contributed by atoms with van der Waals surface area (Å²) in [5, 5.41) is 19.0. The van der Waals surface area contributed by atoms with E-state index in [0.29, 0.717) is 25.3 Å². The van der Waals surface area contributed by atoms with E-state index < -0.39 is 17.9 Å². The Morgan fingerprint density at radius 3 is 2.47 bits per heavy atom. The topological polar surface area (TPSA) is 99.1 Å². The number of fused-ring (bicyclic) bond motifs is 2. The van der Waals surface area contributed by atoms with Gasteiger partial charge in [-0.15, -0.1) is 0 Å². The third kappa shape index (κ3) is 6.41. The maximum Gasteiger partial charge on any atom is 0.328 e. The molecule has 30 heavy (non-hydrogen) atoms. The molecule has 0 spiro atoms. The third-order valence-electron chi connectivity index (χ3n) is 5.10. The number of ether oxygens (including phenoxy) is 1. The molecule has 2 aliphatic rings. The summed E-state index contributed by atoms with van der Waals surface area (Å²) in [6, 6.07) is 2.07. The second kappa shape index (κ2) is 10.4. The molecule has 166 valence electrons. The summed E-state index contributed by atoms with van der Waals surface area (Å²) in [6.07, 6.45) is 2.91. The number of nitrogens with zero attached hydrogens (tertiary/aromatic N) is 1. The maximum atomic E-state index is 13.9. The Morgan fingerprint density at radius 1 is 1.23 bits per heavy atom. The molecule has 0 bridgehead atoms. The van der Waals surface area contributed by atoms with Crippen LogP contribution in [0.2, 0.25) is 0 Å². The molecule has 9 heteroatoms. The van der Waals surface area contributed by atoms with E-state index >= 15 is 0 Å². The number of alkyl halides is 2. The van der Waals surface area contributed by atoms with Crippen LogP contribution in [0.5, 0.6) is 5.75 Å². The zero-order chi connectivity index (χ0) is 22.3. The number of hydrogen-bond donors (Lipinski definition) is 3. The molecule has 1 aromatic rings. The summed E-state index contributed by atoms with van der Waals surface area (Å²) in [6.45, 7) is 6.27. The van der Waals surface area contributed by atoms with Crippen molar-refractivity contribution in [1.29, 1.82) is 0 Å². The Morgan fingerprint density at radius 2 is 1.87 bits per heavy atom. The summed E-state index contributed by atoms with van der Waals surface area (Å²) in [7, 11) is 0. The highest BCUT2D eigenvalue weighted by molar-refractivity contribution is 5.89. The fourth-order valence-corrected chi connectivity index (χ4v) is 3.59. The maximum absolute atomic E-state index is 13.9. The van der Waals surface area contributed by atoms with Gasteiger partial charge < -0.3 is 25.2 Å². The molecule has 0 amide bonds. The molecule has 0 saturated heterocycles. The minimum absolute atomic E-state index is 0.131. The monoisotopic (exact) mass is 426 g/mol. The predicted octanol–water partition coefficient (Wildman–Crippen LogP) is 2.64. The molecular formula is C21H28F2N2O5. The van der Waals surface area contributed by atoms with Gasteiger partial charge in [0.1, 0.15) is 12.4 Å². The number of carbonyl (C=O) groups is 2. The second-order valence-corrected chi connectivity index (χ2v) is 7.23. The van der Waals surface area contributed by atoms with Crippen molar-refractivity contribution in [2.24, 2.45) is 0 Å². The minimum atomic E-state index is -2.66. The number of nitrogens with one attached hydrogen (secondary N) is 1. The molecule has 0 aliphatic carbocycles. The molecule has 3 N–H and O–H groups in total. The molecule has 2 aliphatic heterocycles. The van der Waals surface area contributed by atoms with Crippen molar-refractivity contribution < 1.29 is 33.3 Å². The molecule has 0 fully saturated rings. The van der Waals surface area contributed by atoms with Crippen LogP contribution >= 0.6 is 0 Å². The number of carboxylic acid groups (broad SMARTS) is 2. The molecule has 0 saturated carbocycles. The number of carboxylic acids is 2. The molecule has 3 rings (SSSR count). The Hall–Kier alpha value is -2.68. The quantitative estimate of drug-likeness (QED) is 0.623. The first kappa shape index (κ1) is 23.6. The SMILES string of the molecule is CCC(F)(F)CN1CCOc2cc3c(c(C)c21)CCNCC3.O=C(O)/C=C/C(=O)O. The van der Waals surface area contributed by atoms with Gasteiger partial charge in [0.15, 0.2) is 0 Å². The van der Waals surface area contributed by atoms with Crippen LogP contribution in [0.25, 0.3) is 0 Å². The van der Waals surface area contributed by atoms with Crippen LogP contribution in [0.1, 0.15) is 30.0 Å². The predicted molar refractivity (Wildman–Crippen MR) is 109 cm³/mol. The third-order valence-corrected chi connectivity index (χ3v) is 5.10. The van der Waals surface area contributed by atoms with Gasteiger partial charge >= 0.3 is 11.9 Å². The van der Waals surface area contributed by atoms with Crippen LogP contribution in [0, 0.1) is 6.92 Å². The lowest BCUT2D eigenvalue weighted by molar-refractivity contribution is -0.134. The van der Waals surface area contributed by atoms with Crippen LogP contribution in [0.15, 0.2) is 18.2 Å². The number of benzene rings is 1. The average molecular weight is 426 g/mol. The summed E-state index contributed by atoms with van der Waals surface area (Å²) in [5.41, 5.74) is 4.59.